The zero-order valence-corrected chi connectivity index (χ0v) is 13.4. The average molecular weight is 290 g/mol. The molecule has 0 bridgehead atoms. The van der Waals surface area contributed by atoms with Gasteiger partial charge in [0.25, 0.3) is 0 Å². The molecule has 2 saturated heterocycles. The topological polar surface area (TPSA) is 19.6 Å². The molecule has 3 heteroatoms. The fourth-order valence-corrected chi connectivity index (χ4v) is 3.70. The lowest BCUT2D eigenvalue weighted by Gasteiger charge is -2.22. The second-order valence-corrected chi connectivity index (χ2v) is 6.80. The summed E-state index contributed by atoms with van der Waals surface area (Å²) >= 11 is 0. The molecular formula is C18H30N2O. The van der Waals surface area contributed by atoms with Gasteiger partial charge in [-0.3, -0.25) is 9.80 Å². The van der Waals surface area contributed by atoms with E-state index in [0.29, 0.717) is 0 Å². The van der Waals surface area contributed by atoms with Crippen molar-refractivity contribution in [3.05, 3.63) is 23.7 Å². The largest absolute Gasteiger partial charge is 0.472 e. The first-order valence-electron chi connectivity index (χ1n) is 8.90. The fourth-order valence-electron chi connectivity index (χ4n) is 3.70. The number of nitrogens with zero attached hydrogens (tertiary/aromatic N) is 2. The van der Waals surface area contributed by atoms with Crippen LogP contribution in [0.5, 0.6) is 0 Å². The molecule has 21 heavy (non-hydrogen) atoms. The third-order valence-electron chi connectivity index (χ3n) is 5.02. The van der Waals surface area contributed by atoms with Crippen LogP contribution < -0.4 is 0 Å². The number of hydrogen-bond donors (Lipinski definition) is 0. The van der Waals surface area contributed by atoms with E-state index in [-0.39, 0.29) is 0 Å². The van der Waals surface area contributed by atoms with E-state index in [1.54, 1.807) is 0 Å². The number of furan rings is 1. The van der Waals surface area contributed by atoms with Crippen LogP contribution in [0.4, 0.5) is 0 Å². The molecule has 3 rings (SSSR count). The minimum absolute atomic E-state index is 1.08. The van der Waals surface area contributed by atoms with Crippen LogP contribution in [0.15, 0.2) is 16.9 Å². The monoisotopic (exact) mass is 290 g/mol. The van der Waals surface area contributed by atoms with E-state index in [1.165, 1.54) is 88.7 Å². The van der Waals surface area contributed by atoms with E-state index in [4.69, 9.17) is 4.42 Å². The van der Waals surface area contributed by atoms with Crippen LogP contribution in [0.1, 0.15) is 62.5 Å². The summed E-state index contributed by atoms with van der Waals surface area (Å²) in [5, 5.41) is 0. The second-order valence-electron chi connectivity index (χ2n) is 6.80. The molecular weight excluding hydrogens is 260 g/mol. The van der Waals surface area contributed by atoms with Gasteiger partial charge in [0.1, 0.15) is 0 Å². The van der Waals surface area contributed by atoms with Gasteiger partial charge < -0.3 is 4.42 Å². The Kier molecular flexibility index (Phi) is 5.75. The van der Waals surface area contributed by atoms with E-state index >= 15 is 0 Å². The van der Waals surface area contributed by atoms with E-state index in [0.717, 1.165) is 13.1 Å². The summed E-state index contributed by atoms with van der Waals surface area (Å²) in [5.74, 6) is 0. The number of rotatable bonds is 4. The summed E-state index contributed by atoms with van der Waals surface area (Å²) in [4.78, 5) is 5.23. The Morgan fingerprint density at radius 3 is 1.38 bits per heavy atom. The Morgan fingerprint density at radius 2 is 1.00 bits per heavy atom. The molecule has 2 aliphatic heterocycles. The average Bonchev–Trinajstić information content (AvgIpc) is 2.72. The first-order valence-corrected chi connectivity index (χ1v) is 8.90. The van der Waals surface area contributed by atoms with Gasteiger partial charge in [0.2, 0.25) is 0 Å². The molecule has 0 radical (unpaired) electrons. The maximum absolute atomic E-state index is 5.54. The van der Waals surface area contributed by atoms with Crippen LogP contribution in [-0.2, 0) is 13.1 Å². The predicted octanol–water partition coefficient (Wildman–Crippen LogP) is 4.03. The highest BCUT2D eigenvalue weighted by molar-refractivity contribution is 5.21. The highest BCUT2D eigenvalue weighted by Gasteiger charge is 2.16. The molecule has 0 amide bonds. The lowest BCUT2D eigenvalue weighted by Crippen LogP contribution is -2.26. The summed E-state index contributed by atoms with van der Waals surface area (Å²) < 4.78 is 5.54. The van der Waals surface area contributed by atoms with Crippen molar-refractivity contribution in [1.82, 2.24) is 9.80 Å². The Labute approximate surface area is 129 Å². The molecule has 2 fully saturated rings. The molecule has 0 atom stereocenters. The highest BCUT2D eigenvalue weighted by Crippen LogP contribution is 2.20. The van der Waals surface area contributed by atoms with Gasteiger partial charge in [-0.1, -0.05) is 25.7 Å². The van der Waals surface area contributed by atoms with Gasteiger partial charge >= 0.3 is 0 Å². The van der Waals surface area contributed by atoms with Crippen LogP contribution in [0.25, 0.3) is 0 Å². The Hall–Kier alpha value is -0.800. The zero-order chi connectivity index (χ0) is 14.3. The molecule has 3 nitrogen and oxygen atoms in total. The normalized spacial score (nSPS) is 22.9. The van der Waals surface area contributed by atoms with Crippen molar-refractivity contribution in [2.45, 2.75) is 64.5 Å². The van der Waals surface area contributed by atoms with Crippen molar-refractivity contribution in [3.63, 3.8) is 0 Å². The van der Waals surface area contributed by atoms with Crippen LogP contribution >= 0.6 is 0 Å². The molecule has 2 aliphatic rings. The second kappa shape index (κ2) is 8.00. The minimum atomic E-state index is 1.08. The zero-order valence-electron chi connectivity index (χ0n) is 13.4. The van der Waals surface area contributed by atoms with Crippen molar-refractivity contribution < 1.29 is 4.42 Å². The van der Waals surface area contributed by atoms with Crippen molar-refractivity contribution in [3.8, 4) is 0 Å². The van der Waals surface area contributed by atoms with Gasteiger partial charge in [-0.25, -0.2) is 0 Å². The molecule has 0 aliphatic carbocycles. The Balaban J connectivity index is 1.57. The van der Waals surface area contributed by atoms with Crippen LogP contribution in [0, 0.1) is 0 Å². The first kappa shape index (κ1) is 15.1. The van der Waals surface area contributed by atoms with Gasteiger partial charge in [0.05, 0.1) is 12.5 Å². The van der Waals surface area contributed by atoms with Gasteiger partial charge in [-0.15, -0.1) is 0 Å². The van der Waals surface area contributed by atoms with Crippen molar-refractivity contribution >= 4 is 0 Å². The number of likely N-dealkylation sites (tertiary alicyclic amines) is 2. The molecule has 0 aromatic carbocycles. The lowest BCUT2D eigenvalue weighted by molar-refractivity contribution is 0.263. The van der Waals surface area contributed by atoms with Gasteiger partial charge in [-0.05, 0) is 51.9 Å². The van der Waals surface area contributed by atoms with Gasteiger partial charge in [0.15, 0.2) is 0 Å². The highest BCUT2D eigenvalue weighted by atomic mass is 16.3. The summed E-state index contributed by atoms with van der Waals surface area (Å²) in [6, 6.07) is 0. The molecule has 1 aromatic rings. The molecule has 3 heterocycles. The predicted molar refractivity (Wildman–Crippen MR) is 86.2 cm³/mol. The summed E-state index contributed by atoms with van der Waals surface area (Å²) in [7, 11) is 0. The fraction of sp³-hybridized carbons (Fsp3) is 0.778. The molecule has 118 valence electrons. The smallest absolute Gasteiger partial charge is 0.0951 e. The molecule has 1 aromatic heterocycles. The number of hydrogen-bond acceptors (Lipinski definition) is 3. The van der Waals surface area contributed by atoms with Crippen LogP contribution in [-0.4, -0.2) is 36.0 Å². The standard InChI is InChI=1S/C18H30N2O/c1-2-6-10-19(9-5-1)13-17-15-21-16-18(17)14-20-11-7-3-4-8-12-20/h15-16H,1-14H2. The van der Waals surface area contributed by atoms with Crippen molar-refractivity contribution in [2.24, 2.45) is 0 Å². The van der Waals surface area contributed by atoms with Crippen molar-refractivity contribution in [2.75, 3.05) is 26.2 Å². The van der Waals surface area contributed by atoms with Gasteiger partial charge in [-0.2, -0.15) is 0 Å². The molecule has 0 unspecified atom stereocenters. The van der Waals surface area contributed by atoms with E-state index < -0.39 is 0 Å². The maximum Gasteiger partial charge on any atom is 0.0951 e. The third kappa shape index (κ3) is 4.58. The summed E-state index contributed by atoms with van der Waals surface area (Å²) in [6.45, 7) is 7.20. The van der Waals surface area contributed by atoms with Crippen LogP contribution in [0.3, 0.4) is 0 Å². The molecule has 0 saturated carbocycles. The van der Waals surface area contributed by atoms with Gasteiger partial charge in [0, 0.05) is 24.2 Å². The molecule has 0 spiro atoms. The van der Waals surface area contributed by atoms with E-state index in [1.807, 2.05) is 12.5 Å². The SMILES string of the molecule is c1occ(CN2CCCCCC2)c1CN1CCCCCC1. The Bertz CT molecular complexity index is 363. The Morgan fingerprint density at radius 1 is 0.619 bits per heavy atom. The summed E-state index contributed by atoms with van der Waals surface area (Å²) in [6.07, 6.45) is 15.0. The third-order valence-corrected chi connectivity index (χ3v) is 5.02. The van der Waals surface area contributed by atoms with Crippen LogP contribution in [0.2, 0.25) is 0 Å². The maximum atomic E-state index is 5.54. The summed E-state index contributed by atoms with van der Waals surface area (Å²) in [5.41, 5.74) is 2.84. The quantitative estimate of drug-likeness (QED) is 0.834. The molecule has 0 N–H and O–H groups in total. The minimum Gasteiger partial charge on any atom is -0.472 e. The first-order chi connectivity index (χ1) is 10.4. The van der Waals surface area contributed by atoms with Crippen molar-refractivity contribution in [1.29, 1.82) is 0 Å². The lowest BCUT2D eigenvalue weighted by atomic mass is 10.1. The van der Waals surface area contributed by atoms with E-state index in [2.05, 4.69) is 9.80 Å². The van der Waals surface area contributed by atoms with E-state index in [9.17, 15) is 0 Å².